The molecule has 3 aliphatic heterocycles. The van der Waals surface area contributed by atoms with Gasteiger partial charge in [-0.15, -0.1) is 0 Å². The highest BCUT2D eigenvalue weighted by molar-refractivity contribution is 6.03. The highest BCUT2D eigenvalue weighted by atomic mass is 16.4. The van der Waals surface area contributed by atoms with Gasteiger partial charge in [0, 0.05) is 30.4 Å². The molecule has 132 valence electrons. The van der Waals surface area contributed by atoms with Gasteiger partial charge in [-0.1, -0.05) is 0 Å². The number of aliphatic carboxylic acids is 2. The first kappa shape index (κ1) is 17.0. The Labute approximate surface area is 141 Å². The van der Waals surface area contributed by atoms with E-state index in [2.05, 4.69) is 0 Å². The lowest BCUT2D eigenvalue weighted by atomic mass is 9.75. The number of aliphatic imine (C=N–C) groups is 1. The van der Waals surface area contributed by atoms with Gasteiger partial charge in [0.2, 0.25) is 0 Å². The molecule has 7 nitrogen and oxygen atoms in total. The van der Waals surface area contributed by atoms with Crippen LogP contribution in [0.2, 0.25) is 0 Å². The monoisotopic (exact) mass is 335 g/mol. The van der Waals surface area contributed by atoms with Crippen LogP contribution in [0, 0.1) is 5.92 Å². The van der Waals surface area contributed by atoms with Gasteiger partial charge in [0.1, 0.15) is 12.1 Å². The first-order valence-corrected chi connectivity index (χ1v) is 8.73. The first-order chi connectivity index (χ1) is 11.5. The van der Waals surface area contributed by atoms with E-state index in [1.54, 1.807) is 0 Å². The number of nitrogens with zero attached hydrogens (tertiary/aromatic N) is 2. The Balaban J connectivity index is 1.88. The van der Waals surface area contributed by atoms with E-state index >= 15 is 0 Å². The van der Waals surface area contributed by atoms with E-state index in [0.29, 0.717) is 19.3 Å². The van der Waals surface area contributed by atoms with Crippen molar-refractivity contribution in [1.29, 1.82) is 0 Å². The molecule has 1 saturated heterocycles. The molecule has 4 N–H and O–H groups in total. The molecule has 0 radical (unpaired) electrons. The molecule has 0 aromatic heterocycles. The minimum atomic E-state index is -1.01. The number of rotatable bonds is 5. The molecular weight excluding hydrogens is 310 g/mol. The summed E-state index contributed by atoms with van der Waals surface area (Å²) < 4.78 is 0. The van der Waals surface area contributed by atoms with E-state index in [1.165, 1.54) is 0 Å². The zero-order valence-electron chi connectivity index (χ0n) is 13.7. The van der Waals surface area contributed by atoms with Gasteiger partial charge in [-0.3, -0.25) is 9.79 Å². The number of hydrogen-bond acceptors (Lipinski definition) is 5. The number of carboxylic acids is 2. The van der Waals surface area contributed by atoms with Gasteiger partial charge in [-0.05, 0) is 50.5 Å². The summed E-state index contributed by atoms with van der Waals surface area (Å²) in [4.78, 5) is 29.3. The third-order valence-corrected chi connectivity index (χ3v) is 5.45. The molecule has 4 unspecified atom stereocenters. The Morgan fingerprint density at radius 3 is 2.79 bits per heavy atom. The van der Waals surface area contributed by atoms with Gasteiger partial charge in [0.15, 0.2) is 0 Å². The third-order valence-electron chi connectivity index (χ3n) is 5.45. The molecule has 0 aliphatic carbocycles. The quantitative estimate of drug-likeness (QED) is 0.696. The Bertz CT molecular complexity index is 586. The number of allylic oxidation sites excluding steroid dienone is 1. The molecule has 0 aromatic rings. The summed E-state index contributed by atoms with van der Waals surface area (Å²) in [7, 11) is 0. The number of hydrogen-bond donors (Lipinski definition) is 3. The second-order valence-electron chi connectivity index (χ2n) is 6.95. The maximum atomic E-state index is 11.6. The highest BCUT2D eigenvalue weighted by Gasteiger charge is 2.43. The smallest absolute Gasteiger partial charge is 0.326 e. The summed E-state index contributed by atoms with van der Waals surface area (Å²) >= 11 is 0. The fourth-order valence-corrected chi connectivity index (χ4v) is 4.25. The molecule has 0 bridgehead atoms. The maximum absolute atomic E-state index is 11.6. The zero-order chi connectivity index (χ0) is 17.3. The highest BCUT2D eigenvalue weighted by Crippen LogP contribution is 2.39. The molecule has 0 spiro atoms. The van der Waals surface area contributed by atoms with Crippen LogP contribution < -0.4 is 5.73 Å². The topological polar surface area (TPSA) is 116 Å². The number of carboxylic acid groups (broad SMARTS) is 2. The average molecular weight is 335 g/mol. The van der Waals surface area contributed by atoms with Crippen LogP contribution in [0.15, 0.2) is 16.8 Å². The molecule has 0 aromatic carbocycles. The molecular formula is C17H25N3O4. The summed E-state index contributed by atoms with van der Waals surface area (Å²) in [6.45, 7) is 0.795. The lowest BCUT2D eigenvalue weighted by Gasteiger charge is -2.48. The molecule has 7 heteroatoms. The normalized spacial score (nSPS) is 30.5. The zero-order valence-corrected chi connectivity index (χ0v) is 13.7. The van der Waals surface area contributed by atoms with Gasteiger partial charge >= 0.3 is 11.9 Å². The molecule has 3 rings (SSSR count). The second kappa shape index (κ2) is 6.93. The molecule has 24 heavy (non-hydrogen) atoms. The predicted octanol–water partition coefficient (Wildman–Crippen LogP) is 1.23. The Kier molecular flexibility index (Phi) is 4.89. The Hall–Kier alpha value is -1.89. The van der Waals surface area contributed by atoms with Crippen LogP contribution >= 0.6 is 0 Å². The summed E-state index contributed by atoms with van der Waals surface area (Å²) in [5.74, 6) is -1.52. The summed E-state index contributed by atoms with van der Waals surface area (Å²) in [6, 6.07) is -1.19. The van der Waals surface area contributed by atoms with Gasteiger partial charge in [-0.25, -0.2) is 4.79 Å². The van der Waals surface area contributed by atoms with Crippen molar-refractivity contribution >= 4 is 17.7 Å². The van der Waals surface area contributed by atoms with Crippen molar-refractivity contribution in [3.63, 3.8) is 0 Å². The fraction of sp³-hybridized carbons (Fsp3) is 0.706. The summed E-state index contributed by atoms with van der Waals surface area (Å²) in [6.07, 6.45) is 7.41. The van der Waals surface area contributed by atoms with Gasteiger partial charge in [-0.2, -0.15) is 0 Å². The summed E-state index contributed by atoms with van der Waals surface area (Å²) in [5.41, 5.74) is 7.67. The van der Waals surface area contributed by atoms with E-state index < -0.39 is 24.0 Å². The van der Waals surface area contributed by atoms with Crippen molar-refractivity contribution in [1.82, 2.24) is 4.90 Å². The van der Waals surface area contributed by atoms with Crippen LogP contribution in [0.4, 0.5) is 0 Å². The van der Waals surface area contributed by atoms with Gasteiger partial charge < -0.3 is 20.8 Å². The maximum Gasteiger partial charge on any atom is 0.326 e. The number of nitrogens with two attached hydrogens (primary N) is 1. The van der Waals surface area contributed by atoms with Crippen molar-refractivity contribution in [3.8, 4) is 0 Å². The van der Waals surface area contributed by atoms with Crippen LogP contribution in [0.3, 0.4) is 0 Å². The number of piperidine rings is 1. The van der Waals surface area contributed by atoms with E-state index in [1.807, 2.05) is 11.1 Å². The van der Waals surface area contributed by atoms with Crippen molar-refractivity contribution in [3.05, 3.63) is 11.8 Å². The molecule has 3 heterocycles. The van der Waals surface area contributed by atoms with E-state index in [0.717, 1.165) is 43.5 Å². The van der Waals surface area contributed by atoms with Crippen molar-refractivity contribution in [2.24, 2.45) is 16.6 Å². The lowest BCUT2D eigenvalue weighted by molar-refractivity contribution is -0.145. The van der Waals surface area contributed by atoms with E-state index in [-0.39, 0.29) is 12.0 Å². The van der Waals surface area contributed by atoms with Crippen LogP contribution in [0.1, 0.15) is 44.9 Å². The second-order valence-corrected chi connectivity index (χ2v) is 6.95. The van der Waals surface area contributed by atoms with Crippen LogP contribution in [-0.4, -0.2) is 57.4 Å². The van der Waals surface area contributed by atoms with Crippen molar-refractivity contribution in [2.45, 2.75) is 63.1 Å². The standard InChI is InChI=1S/C17H25N3O4/c18-12(16(21)22)7-6-10-9-20-13(4-1-5-14(20)17(23)24)11-3-2-8-19-15(10)11/h9,11-14H,1-8,18H2,(H,21,22)(H,23,24). The van der Waals surface area contributed by atoms with Gasteiger partial charge in [0.05, 0.1) is 0 Å². The molecule has 3 aliphatic rings. The molecule has 4 atom stereocenters. The fourth-order valence-electron chi connectivity index (χ4n) is 4.25. The average Bonchev–Trinajstić information content (AvgIpc) is 2.58. The molecule has 0 saturated carbocycles. The summed E-state index contributed by atoms with van der Waals surface area (Å²) in [5, 5.41) is 18.5. The van der Waals surface area contributed by atoms with Crippen molar-refractivity contribution in [2.75, 3.05) is 6.54 Å². The minimum absolute atomic E-state index is 0.204. The number of fused-ring (bicyclic) bond motifs is 3. The number of carbonyl (C=O) groups is 2. The van der Waals surface area contributed by atoms with Gasteiger partial charge in [0.25, 0.3) is 0 Å². The third kappa shape index (κ3) is 3.17. The molecule has 1 fully saturated rings. The van der Waals surface area contributed by atoms with E-state index in [4.69, 9.17) is 15.8 Å². The largest absolute Gasteiger partial charge is 0.480 e. The Morgan fingerprint density at radius 1 is 1.29 bits per heavy atom. The minimum Gasteiger partial charge on any atom is -0.480 e. The van der Waals surface area contributed by atoms with Crippen LogP contribution in [0.25, 0.3) is 0 Å². The first-order valence-electron chi connectivity index (χ1n) is 8.73. The Morgan fingerprint density at radius 2 is 2.08 bits per heavy atom. The van der Waals surface area contributed by atoms with Crippen molar-refractivity contribution < 1.29 is 19.8 Å². The van der Waals surface area contributed by atoms with Crippen LogP contribution in [-0.2, 0) is 9.59 Å². The predicted molar refractivity (Wildman–Crippen MR) is 88.9 cm³/mol. The van der Waals surface area contributed by atoms with Crippen LogP contribution in [0.5, 0.6) is 0 Å². The molecule has 0 amide bonds. The lowest BCUT2D eigenvalue weighted by Crippen LogP contribution is -2.55. The SMILES string of the molecule is NC(CCC1=CN2C(C(=O)O)CCCC2C2CCCN=C12)C(=O)O. The van der Waals surface area contributed by atoms with E-state index in [9.17, 15) is 14.7 Å².